The molecule has 0 aliphatic carbocycles. The lowest BCUT2D eigenvalue weighted by Crippen LogP contribution is -2.46. The lowest BCUT2D eigenvalue weighted by atomic mass is 10.1. The first-order chi connectivity index (χ1) is 13.5. The molecule has 6 nitrogen and oxygen atoms in total. The summed E-state index contributed by atoms with van der Waals surface area (Å²) < 4.78 is 14.6. The number of piperazine rings is 1. The largest absolute Gasteiger partial charge is 0.367 e. The summed E-state index contributed by atoms with van der Waals surface area (Å²) in [4.78, 5) is 27.2. The maximum absolute atomic E-state index is 14.6. The molecule has 0 amide bonds. The molecule has 2 aromatic rings. The van der Waals surface area contributed by atoms with Crippen LogP contribution in [0.5, 0.6) is 0 Å². The first kappa shape index (κ1) is 19.7. The van der Waals surface area contributed by atoms with E-state index in [-0.39, 0.29) is 11.3 Å². The highest BCUT2D eigenvalue weighted by Crippen LogP contribution is 2.23. The van der Waals surface area contributed by atoms with Crippen molar-refractivity contribution in [3.05, 3.63) is 75.6 Å². The molecule has 28 heavy (non-hydrogen) atoms. The van der Waals surface area contributed by atoms with E-state index in [2.05, 4.69) is 11.8 Å². The van der Waals surface area contributed by atoms with Gasteiger partial charge in [0.2, 0.25) is 0 Å². The predicted octanol–water partition coefficient (Wildman–Crippen LogP) is 3.77. The van der Waals surface area contributed by atoms with Crippen molar-refractivity contribution in [1.82, 2.24) is 4.90 Å². The zero-order valence-electron chi connectivity index (χ0n) is 15.7. The molecule has 146 valence electrons. The number of anilines is 1. The van der Waals surface area contributed by atoms with E-state index >= 15 is 0 Å². The number of ketones is 1. The maximum atomic E-state index is 14.6. The van der Waals surface area contributed by atoms with Gasteiger partial charge in [0.25, 0.3) is 5.69 Å². The Morgan fingerprint density at radius 3 is 2.54 bits per heavy atom. The number of allylic oxidation sites excluding steroid dienone is 1. The van der Waals surface area contributed by atoms with Crippen molar-refractivity contribution in [1.29, 1.82) is 0 Å². The van der Waals surface area contributed by atoms with Crippen LogP contribution >= 0.6 is 0 Å². The topological polar surface area (TPSA) is 66.7 Å². The molecule has 1 fully saturated rings. The third kappa shape index (κ3) is 4.43. The average molecular weight is 383 g/mol. The molecule has 7 heteroatoms. The number of benzene rings is 2. The third-order valence-electron chi connectivity index (χ3n) is 4.94. The first-order valence-electron chi connectivity index (χ1n) is 9.22. The van der Waals surface area contributed by atoms with Crippen LogP contribution in [0.1, 0.15) is 22.8 Å². The van der Waals surface area contributed by atoms with E-state index in [9.17, 15) is 19.3 Å². The first-order valence-corrected chi connectivity index (χ1v) is 9.22. The second kappa shape index (κ2) is 8.75. The van der Waals surface area contributed by atoms with Crippen LogP contribution in [0.25, 0.3) is 6.08 Å². The van der Waals surface area contributed by atoms with Crippen LogP contribution in [0.4, 0.5) is 15.8 Å². The van der Waals surface area contributed by atoms with Gasteiger partial charge in [-0.3, -0.25) is 14.9 Å². The lowest BCUT2D eigenvalue weighted by molar-refractivity contribution is -0.385. The van der Waals surface area contributed by atoms with E-state index in [1.54, 1.807) is 30.3 Å². The number of likely N-dealkylation sites (N-methyl/N-ethyl adjacent to an activating group) is 1. The van der Waals surface area contributed by atoms with E-state index < -0.39 is 16.5 Å². The van der Waals surface area contributed by atoms with E-state index in [1.165, 1.54) is 24.3 Å². The summed E-state index contributed by atoms with van der Waals surface area (Å²) in [6, 6.07) is 10.6. The molecule has 0 aromatic heterocycles. The number of nitrogens with zero attached hydrogens (tertiary/aromatic N) is 3. The van der Waals surface area contributed by atoms with Gasteiger partial charge >= 0.3 is 0 Å². The number of halogens is 1. The molecule has 0 unspecified atom stereocenters. The van der Waals surface area contributed by atoms with Gasteiger partial charge in [-0.25, -0.2) is 4.39 Å². The van der Waals surface area contributed by atoms with Gasteiger partial charge in [0, 0.05) is 37.8 Å². The Balaban J connectivity index is 1.73. The number of hydrogen-bond acceptors (Lipinski definition) is 5. The van der Waals surface area contributed by atoms with Crippen molar-refractivity contribution in [3.8, 4) is 0 Å². The Bertz CT molecular complexity index is 906. The second-order valence-corrected chi connectivity index (χ2v) is 6.60. The van der Waals surface area contributed by atoms with Crippen molar-refractivity contribution in [3.63, 3.8) is 0 Å². The SMILES string of the molecule is CCN1CCN(c2ccc(C(=O)C=Cc3ccccc3[N+](=O)[O-])cc2F)CC1. The molecule has 0 bridgehead atoms. The number of nitro benzene ring substituents is 1. The van der Waals surface area contributed by atoms with Crippen molar-refractivity contribution < 1.29 is 14.1 Å². The number of para-hydroxylation sites is 1. The van der Waals surface area contributed by atoms with Crippen LogP contribution < -0.4 is 4.90 Å². The minimum absolute atomic E-state index is 0.0840. The quantitative estimate of drug-likeness (QED) is 0.329. The minimum Gasteiger partial charge on any atom is -0.367 e. The summed E-state index contributed by atoms with van der Waals surface area (Å²) >= 11 is 0. The maximum Gasteiger partial charge on any atom is 0.276 e. The molecule has 1 saturated heterocycles. The van der Waals surface area contributed by atoms with E-state index in [4.69, 9.17) is 0 Å². The van der Waals surface area contributed by atoms with Gasteiger partial charge in [0.1, 0.15) is 5.82 Å². The van der Waals surface area contributed by atoms with Crippen LogP contribution in [0.15, 0.2) is 48.5 Å². The minimum atomic E-state index is -0.503. The van der Waals surface area contributed by atoms with Crippen LogP contribution in [-0.4, -0.2) is 48.3 Å². The predicted molar refractivity (Wildman–Crippen MR) is 107 cm³/mol. The summed E-state index contributed by atoms with van der Waals surface area (Å²) in [6.45, 7) is 6.35. The van der Waals surface area contributed by atoms with Gasteiger partial charge in [0.15, 0.2) is 5.78 Å². The van der Waals surface area contributed by atoms with E-state index in [1.807, 2.05) is 4.90 Å². The molecule has 0 N–H and O–H groups in total. The molecule has 2 aromatic carbocycles. The van der Waals surface area contributed by atoms with Crippen LogP contribution in [0.2, 0.25) is 0 Å². The molecule has 1 heterocycles. The van der Waals surface area contributed by atoms with Gasteiger partial charge < -0.3 is 9.80 Å². The van der Waals surface area contributed by atoms with Crippen LogP contribution in [0.3, 0.4) is 0 Å². The molecular weight excluding hydrogens is 361 g/mol. The molecule has 0 saturated carbocycles. The second-order valence-electron chi connectivity index (χ2n) is 6.60. The van der Waals surface area contributed by atoms with Gasteiger partial charge in [0.05, 0.1) is 16.2 Å². The fourth-order valence-electron chi connectivity index (χ4n) is 3.28. The third-order valence-corrected chi connectivity index (χ3v) is 4.94. The summed E-state index contributed by atoms with van der Waals surface area (Å²) in [5, 5.41) is 11.0. The van der Waals surface area contributed by atoms with Crippen LogP contribution in [-0.2, 0) is 0 Å². The number of rotatable bonds is 6. The monoisotopic (exact) mass is 383 g/mol. The van der Waals surface area contributed by atoms with Gasteiger partial charge in [-0.05, 0) is 43.0 Å². The molecule has 3 rings (SSSR count). The molecule has 0 radical (unpaired) electrons. The summed E-state index contributed by atoms with van der Waals surface area (Å²) in [7, 11) is 0. The van der Waals surface area contributed by atoms with Crippen molar-refractivity contribution in [2.75, 3.05) is 37.6 Å². The number of carbonyl (C=O) groups is 1. The Morgan fingerprint density at radius 2 is 1.89 bits per heavy atom. The highest BCUT2D eigenvalue weighted by molar-refractivity contribution is 6.07. The number of nitro groups is 1. The highest BCUT2D eigenvalue weighted by atomic mass is 19.1. The zero-order valence-corrected chi connectivity index (χ0v) is 15.7. The average Bonchev–Trinajstić information content (AvgIpc) is 2.72. The number of carbonyl (C=O) groups excluding carboxylic acids is 1. The van der Waals surface area contributed by atoms with Gasteiger partial charge in [-0.1, -0.05) is 19.1 Å². The van der Waals surface area contributed by atoms with Gasteiger partial charge in [-0.15, -0.1) is 0 Å². The van der Waals surface area contributed by atoms with E-state index in [0.29, 0.717) is 11.3 Å². The van der Waals surface area contributed by atoms with Crippen molar-refractivity contribution in [2.24, 2.45) is 0 Å². The Labute approximate surface area is 163 Å². The highest BCUT2D eigenvalue weighted by Gasteiger charge is 2.19. The fourth-order valence-corrected chi connectivity index (χ4v) is 3.28. The normalized spacial score (nSPS) is 15.1. The number of hydrogen-bond donors (Lipinski definition) is 0. The van der Waals surface area contributed by atoms with Crippen LogP contribution in [0, 0.1) is 15.9 Å². The van der Waals surface area contributed by atoms with E-state index in [0.717, 1.165) is 32.7 Å². The van der Waals surface area contributed by atoms with Crippen molar-refractivity contribution >= 4 is 23.2 Å². The molecule has 1 aliphatic heterocycles. The lowest BCUT2D eigenvalue weighted by Gasteiger charge is -2.35. The summed E-state index contributed by atoms with van der Waals surface area (Å²) in [6.07, 6.45) is 2.62. The molecular formula is C21H22FN3O3. The molecule has 0 atom stereocenters. The molecule has 0 spiro atoms. The van der Waals surface area contributed by atoms with Crippen molar-refractivity contribution in [2.45, 2.75) is 6.92 Å². The Hall–Kier alpha value is -3.06. The standard InChI is InChI=1S/C21H22FN3O3/c1-2-23-11-13-24(14-12-23)20-9-7-17(15-18(20)22)21(26)10-8-16-5-3-4-6-19(16)25(27)28/h3-10,15H,2,11-14H2,1H3. The Morgan fingerprint density at radius 1 is 1.18 bits per heavy atom. The smallest absolute Gasteiger partial charge is 0.276 e. The fraction of sp³-hybridized carbons (Fsp3) is 0.286. The zero-order chi connectivity index (χ0) is 20.1. The summed E-state index contributed by atoms with van der Waals surface area (Å²) in [5.74, 6) is -0.839. The Kier molecular flexibility index (Phi) is 6.16. The summed E-state index contributed by atoms with van der Waals surface area (Å²) in [5.41, 5.74) is 0.948. The van der Waals surface area contributed by atoms with Gasteiger partial charge in [-0.2, -0.15) is 0 Å². The molecule has 1 aliphatic rings.